The van der Waals surface area contributed by atoms with Crippen LogP contribution in [0.2, 0.25) is 0 Å². The summed E-state index contributed by atoms with van der Waals surface area (Å²) in [5.41, 5.74) is 5.09. The molecule has 0 heterocycles. The lowest BCUT2D eigenvalue weighted by atomic mass is 10.2. The minimum Gasteiger partial charge on any atom is -0.493 e. The molecule has 1 amide bonds. The van der Waals surface area contributed by atoms with Crippen molar-refractivity contribution in [3.63, 3.8) is 0 Å². The fraction of sp³-hybridized carbons (Fsp3) is 0.211. The molecule has 7 nitrogen and oxygen atoms in total. The van der Waals surface area contributed by atoms with E-state index in [-0.39, 0.29) is 12.5 Å². The number of aryl methyl sites for hydroxylation is 1. The van der Waals surface area contributed by atoms with Crippen molar-refractivity contribution in [3.8, 4) is 11.5 Å². The molecule has 0 fully saturated rings. The molecule has 0 saturated heterocycles. The first-order valence-electron chi connectivity index (χ1n) is 7.97. The summed E-state index contributed by atoms with van der Waals surface area (Å²) in [5.74, 6) is 0.0199. The topological polar surface area (TPSA) is 89.0 Å². The molecule has 0 bridgehead atoms. The van der Waals surface area contributed by atoms with Crippen LogP contribution in [0.1, 0.15) is 18.1 Å². The van der Waals surface area contributed by atoms with Crippen LogP contribution in [0.4, 0.5) is 5.69 Å². The van der Waals surface area contributed by atoms with Crippen molar-refractivity contribution in [1.29, 1.82) is 0 Å². The first kappa shape index (κ1) is 19.0. The monoisotopic (exact) mass is 355 g/mol. The number of nitrogens with one attached hydrogen (secondary N) is 2. The van der Waals surface area contributed by atoms with E-state index < -0.39 is 5.97 Å². The Labute approximate surface area is 152 Å². The van der Waals surface area contributed by atoms with Gasteiger partial charge in [-0.3, -0.25) is 9.59 Å². The fourth-order valence-electron chi connectivity index (χ4n) is 2.17. The number of nitrogens with zero attached hydrogens (tertiary/aromatic N) is 1. The highest BCUT2D eigenvalue weighted by atomic mass is 16.6. The number of hydrogen-bond donors (Lipinski definition) is 2. The number of carbonyl (C=O) groups excluding carboxylic acids is 2. The standard InChI is InChI=1S/C19H21N3O4/c1-13-6-4-5-7-16(13)20-12-19(24)22-21-11-15-8-9-17(26-14(2)23)18(10-15)25-3/h4-11,20H,12H2,1-3H3,(H,22,24)/b21-11-. The molecule has 2 N–H and O–H groups in total. The van der Waals surface area contributed by atoms with E-state index in [1.807, 2.05) is 31.2 Å². The van der Waals surface area contributed by atoms with Gasteiger partial charge in [-0.05, 0) is 42.3 Å². The number of esters is 1. The molecule has 0 aromatic heterocycles. The zero-order chi connectivity index (χ0) is 18.9. The van der Waals surface area contributed by atoms with Gasteiger partial charge in [0.25, 0.3) is 5.91 Å². The number of para-hydroxylation sites is 1. The van der Waals surface area contributed by atoms with E-state index in [2.05, 4.69) is 15.8 Å². The maximum atomic E-state index is 11.8. The minimum atomic E-state index is -0.432. The van der Waals surface area contributed by atoms with Gasteiger partial charge in [0, 0.05) is 12.6 Å². The van der Waals surface area contributed by atoms with Crippen LogP contribution < -0.4 is 20.2 Å². The summed E-state index contributed by atoms with van der Waals surface area (Å²) in [4.78, 5) is 22.9. The maximum absolute atomic E-state index is 11.8. The molecule has 26 heavy (non-hydrogen) atoms. The van der Waals surface area contributed by atoms with Crippen molar-refractivity contribution in [2.24, 2.45) is 5.10 Å². The van der Waals surface area contributed by atoms with Crippen molar-refractivity contribution in [2.45, 2.75) is 13.8 Å². The second kappa shape index (κ2) is 9.22. The van der Waals surface area contributed by atoms with Gasteiger partial charge in [0.2, 0.25) is 0 Å². The molecule has 7 heteroatoms. The highest BCUT2D eigenvalue weighted by molar-refractivity contribution is 5.85. The van der Waals surface area contributed by atoms with Crippen LogP contribution in [-0.2, 0) is 9.59 Å². The molecule has 2 aromatic rings. The lowest BCUT2D eigenvalue weighted by Gasteiger charge is -2.08. The highest BCUT2D eigenvalue weighted by Crippen LogP contribution is 2.27. The average molecular weight is 355 g/mol. The van der Waals surface area contributed by atoms with E-state index in [9.17, 15) is 9.59 Å². The number of carbonyl (C=O) groups is 2. The molecule has 0 aliphatic carbocycles. The second-order valence-corrected chi connectivity index (χ2v) is 5.47. The molecule has 0 spiro atoms. The van der Waals surface area contributed by atoms with E-state index in [1.54, 1.807) is 18.2 Å². The lowest BCUT2D eigenvalue weighted by molar-refractivity contribution is -0.132. The molecule has 0 radical (unpaired) electrons. The molecule has 136 valence electrons. The minimum absolute atomic E-state index is 0.108. The Balaban J connectivity index is 1.90. The summed E-state index contributed by atoms with van der Waals surface area (Å²) in [5, 5.41) is 6.97. The molecule has 0 aliphatic heterocycles. The number of benzene rings is 2. The zero-order valence-corrected chi connectivity index (χ0v) is 14.9. The fourth-order valence-corrected chi connectivity index (χ4v) is 2.17. The van der Waals surface area contributed by atoms with Crippen LogP contribution in [0.25, 0.3) is 0 Å². The second-order valence-electron chi connectivity index (χ2n) is 5.47. The number of anilines is 1. The third-order valence-electron chi connectivity index (χ3n) is 3.43. The first-order valence-corrected chi connectivity index (χ1v) is 7.97. The number of ether oxygens (including phenoxy) is 2. The Morgan fingerprint density at radius 3 is 2.62 bits per heavy atom. The van der Waals surface area contributed by atoms with E-state index in [0.29, 0.717) is 17.1 Å². The highest BCUT2D eigenvalue weighted by Gasteiger charge is 2.07. The van der Waals surface area contributed by atoms with Crippen molar-refractivity contribution >= 4 is 23.8 Å². The quantitative estimate of drug-likeness (QED) is 0.345. The summed E-state index contributed by atoms with van der Waals surface area (Å²) in [6.07, 6.45) is 1.48. The van der Waals surface area contributed by atoms with Gasteiger partial charge in [0.15, 0.2) is 11.5 Å². The third-order valence-corrected chi connectivity index (χ3v) is 3.43. The van der Waals surface area contributed by atoms with Gasteiger partial charge in [-0.15, -0.1) is 0 Å². The molecule has 0 aliphatic rings. The molecule has 0 saturated carbocycles. The van der Waals surface area contributed by atoms with E-state index in [4.69, 9.17) is 9.47 Å². The Bertz CT molecular complexity index is 818. The average Bonchev–Trinajstić information content (AvgIpc) is 2.61. The Morgan fingerprint density at radius 1 is 1.15 bits per heavy atom. The normalized spacial score (nSPS) is 10.4. The summed E-state index contributed by atoms with van der Waals surface area (Å²) in [6.45, 7) is 3.39. The maximum Gasteiger partial charge on any atom is 0.308 e. The number of hydrogen-bond acceptors (Lipinski definition) is 6. The molecule has 0 unspecified atom stereocenters. The summed E-state index contributed by atoms with van der Waals surface area (Å²) >= 11 is 0. The SMILES string of the molecule is COc1cc(/C=N\NC(=O)CNc2ccccc2C)ccc1OC(C)=O. The molecule has 0 atom stereocenters. The van der Waals surface area contributed by atoms with Crippen LogP contribution in [-0.4, -0.2) is 31.7 Å². The van der Waals surface area contributed by atoms with E-state index in [1.165, 1.54) is 20.2 Å². The van der Waals surface area contributed by atoms with Crippen LogP contribution in [0.5, 0.6) is 11.5 Å². The molecular weight excluding hydrogens is 334 g/mol. The van der Waals surface area contributed by atoms with Gasteiger partial charge in [-0.25, -0.2) is 5.43 Å². The van der Waals surface area contributed by atoms with Crippen molar-refractivity contribution in [2.75, 3.05) is 19.0 Å². The number of methoxy groups -OCH3 is 1. The van der Waals surface area contributed by atoms with Crippen molar-refractivity contribution < 1.29 is 19.1 Å². The predicted octanol–water partition coefficient (Wildman–Crippen LogP) is 2.49. The summed E-state index contributed by atoms with van der Waals surface area (Å²) < 4.78 is 10.2. The van der Waals surface area contributed by atoms with Crippen molar-refractivity contribution in [3.05, 3.63) is 53.6 Å². The Hall–Kier alpha value is -3.35. The first-order chi connectivity index (χ1) is 12.5. The van der Waals surface area contributed by atoms with Gasteiger partial charge in [-0.2, -0.15) is 5.10 Å². The predicted molar refractivity (Wildman–Crippen MR) is 99.7 cm³/mol. The van der Waals surface area contributed by atoms with Gasteiger partial charge in [0.05, 0.1) is 19.9 Å². The summed E-state index contributed by atoms with van der Waals surface area (Å²) in [6, 6.07) is 12.7. The smallest absolute Gasteiger partial charge is 0.308 e. The zero-order valence-electron chi connectivity index (χ0n) is 14.9. The lowest BCUT2D eigenvalue weighted by Crippen LogP contribution is -2.26. The van der Waals surface area contributed by atoms with Crippen LogP contribution in [0.3, 0.4) is 0 Å². The van der Waals surface area contributed by atoms with Gasteiger partial charge >= 0.3 is 5.97 Å². The van der Waals surface area contributed by atoms with Gasteiger partial charge < -0.3 is 14.8 Å². The van der Waals surface area contributed by atoms with E-state index in [0.717, 1.165) is 11.3 Å². The largest absolute Gasteiger partial charge is 0.493 e. The molecule has 2 rings (SSSR count). The number of hydrazone groups is 1. The van der Waals surface area contributed by atoms with Crippen molar-refractivity contribution in [1.82, 2.24) is 5.43 Å². The van der Waals surface area contributed by atoms with Crippen LogP contribution >= 0.6 is 0 Å². The van der Waals surface area contributed by atoms with Crippen LogP contribution in [0, 0.1) is 6.92 Å². The van der Waals surface area contributed by atoms with Crippen LogP contribution in [0.15, 0.2) is 47.6 Å². The Morgan fingerprint density at radius 2 is 1.92 bits per heavy atom. The number of rotatable bonds is 7. The number of amides is 1. The van der Waals surface area contributed by atoms with E-state index >= 15 is 0 Å². The molecule has 2 aromatic carbocycles. The van der Waals surface area contributed by atoms with Gasteiger partial charge in [-0.1, -0.05) is 18.2 Å². The summed E-state index contributed by atoms with van der Waals surface area (Å²) in [7, 11) is 1.47. The Kier molecular flexibility index (Phi) is 6.73. The third kappa shape index (κ3) is 5.62. The molecular formula is C19H21N3O4. The van der Waals surface area contributed by atoms with Gasteiger partial charge in [0.1, 0.15) is 0 Å².